The van der Waals surface area contributed by atoms with Gasteiger partial charge in [-0.2, -0.15) is 0 Å². The summed E-state index contributed by atoms with van der Waals surface area (Å²) in [5.41, 5.74) is 8.05. The van der Waals surface area contributed by atoms with Gasteiger partial charge >= 0.3 is 0 Å². The largest absolute Gasteiger partial charge is 0.327 e. The molecule has 160 valence electrons. The smallest absolute Gasteiger partial charge is 0.241 e. The molecule has 0 fully saturated rings. The maximum atomic E-state index is 14.0. The molecule has 0 aliphatic carbocycles. The predicted octanol–water partition coefficient (Wildman–Crippen LogP) is 3.90. The van der Waals surface area contributed by atoms with Crippen LogP contribution in [0.4, 0.5) is 4.39 Å². The molecule has 0 saturated carbocycles. The minimum absolute atomic E-state index is 0.0681. The summed E-state index contributed by atoms with van der Waals surface area (Å²) in [6.07, 6.45) is 1.35. The summed E-state index contributed by atoms with van der Waals surface area (Å²) in [7, 11) is -3.61. The fourth-order valence-corrected chi connectivity index (χ4v) is 4.73. The maximum Gasteiger partial charge on any atom is 0.241 e. The van der Waals surface area contributed by atoms with Crippen LogP contribution < -0.4 is 10.5 Å². The molecule has 2 aromatic carbocycles. The first-order chi connectivity index (χ1) is 14.0. The molecule has 30 heavy (non-hydrogen) atoms. The molecule has 8 heteroatoms. The van der Waals surface area contributed by atoms with Gasteiger partial charge in [-0.25, -0.2) is 22.5 Å². The molecule has 0 atom stereocenters. The Kier molecular flexibility index (Phi) is 6.12. The number of nitrogens with one attached hydrogen (secondary N) is 1. The SMILES string of the molecule is Cc1nc2c(-c3ccc(S(=O)(=O)NC(C)(C)C)cc3)cccc2n1CC(F)=CCN. The second kappa shape index (κ2) is 8.29. The fraction of sp³-hybridized carbons (Fsp3) is 0.318. The number of hydrogen-bond donors (Lipinski definition) is 2. The fourth-order valence-electron chi connectivity index (χ4n) is 3.31. The molecule has 0 aliphatic heterocycles. The average molecular weight is 431 g/mol. The summed E-state index contributed by atoms with van der Waals surface area (Å²) in [6.45, 7) is 7.42. The van der Waals surface area contributed by atoms with Crippen molar-refractivity contribution in [3.8, 4) is 11.1 Å². The molecular weight excluding hydrogens is 403 g/mol. The highest BCUT2D eigenvalue weighted by Crippen LogP contribution is 2.30. The van der Waals surface area contributed by atoms with Crippen LogP contribution in [0.5, 0.6) is 0 Å². The lowest BCUT2D eigenvalue weighted by Crippen LogP contribution is -2.40. The lowest BCUT2D eigenvalue weighted by atomic mass is 10.0. The Morgan fingerprint density at radius 3 is 2.47 bits per heavy atom. The maximum absolute atomic E-state index is 14.0. The number of aryl methyl sites for hydroxylation is 1. The normalized spacial score (nSPS) is 13.2. The van der Waals surface area contributed by atoms with Gasteiger partial charge in [0.25, 0.3) is 0 Å². The Morgan fingerprint density at radius 2 is 1.87 bits per heavy atom. The van der Waals surface area contributed by atoms with Crippen molar-refractivity contribution >= 4 is 21.1 Å². The molecule has 0 amide bonds. The standard InChI is InChI=1S/C22H27FN4O2S/c1-15-25-21-19(6-5-7-20(21)27(15)14-17(23)12-13-24)16-8-10-18(11-9-16)30(28,29)26-22(2,3)4/h5-12,26H,13-14,24H2,1-4H3. The zero-order chi connectivity index (χ0) is 22.1. The summed E-state index contributed by atoms with van der Waals surface area (Å²) >= 11 is 0. The molecular formula is C22H27FN4O2S. The van der Waals surface area contributed by atoms with E-state index in [-0.39, 0.29) is 23.8 Å². The molecule has 3 rings (SSSR count). The quantitative estimate of drug-likeness (QED) is 0.621. The Bertz CT molecular complexity index is 1190. The van der Waals surface area contributed by atoms with Crippen LogP contribution in [0.3, 0.4) is 0 Å². The molecule has 0 unspecified atom stereocenters. The third-order valence-corrected chi connectivity index (χ3v) is 6.31. The van der Waals surface area contributed by atoms with Gasteiger partial charge in [-0.05, 0) is 57.5 Å². The minimum Gasteiger partial charge on any atom is -0.327 e. The third kappa shape index (κ3) is 4.77. The van der Waals surface area contributed by atoms with Gasteiger partial charge in [0, 0.05) is 17.6 Å². The van der Waals surface area contributed by atoms with Gasteiger partial charge in [-0.3, -0.25) is 0 Å². The number of sulfonamides is 1. The highest BCUT2D eigenvalue weighted by Gasteiger charge is 2.22. The third-order valence-electron chi connectivity index (χ3n) is 4.53. The number of fused-ring (bicyclic) bond motifs is 1. The highest BCUT2D eigenvalue weighted by atomic mass is 32.2. The van der Waals surface area contributed by atoms with Gasteiger partial charge in [0.15, 0.2) is 0 Å². The van der Waals surface area contributed by atoms with Gasteiger partial charge in [-0.1, -0.05) is 24.3 Å². The number of imidazole rings is 1. The number of nitrogens with zero attached hydrogens (tertiary/aromatic N) is 2. The van der Waals surface area contributed by atoms with Crippen LogP contribution in [0.2, 0.25) is 0 Å². The van der Waals surface area contributed by atoms with Crippen molar-refractivity contribution in [2.75, 3.05) is 6.54 Å². The molecule has 6 nitrogen and oxygen atoms in total. The first kappa shape index (κ1) is 22.1. The summed E-state index contributed by atoms with van der Waals surface area (Å²) in [5.74, 6) is 0.373. The van der Waals surface area contributed by atoms with E-state index in [4.69, 9.17) is 5.73 Å². The number of rotatable bonds is 6. The number of hydrogen-bond acceptors (Lipinski definition) is 4. The van der Waals surface area contributed by atoms with E-state index in [9.17, 15) is 12.8 Å². The molecule has 0 bridgehead atoms. The summed E-state index contributed by atoms with van der Waals surface area (Å²) < 4.78 is 43.6. The summed E-state index contributed by atoms with van der Waals surface area (Å²) in [6, 6.07) is 12.4. The Balaban J connectivity index is 2.01. The van der Waals surface area contributed by atoms with Crippen LogP contribution in [-0.4, -0.2) is 30.1 Å². The van der Waals surface area contributed by atoms with Crippen molar-refractivity contribution in [3.63, 3.8) is 0 Å². The zero-order valence-corrected chi connectivity index (χ0v) is 18.4. The predicted molar refractivity (Wildman–Crippen MR) is 118 cm³/mol. The van der Waals surface area contributed by atoms with Gasteiger partial charge in [0.05, 0.1) is 22.5 Å². The second-order valence-electron chi connectivity index (χ2n) is 8.19. The highest BCUT2D eigenvalue weighted by molar-refractivity contribution is 7.89. The van der Waals surface area contributed by atoms with Gasteiger partial charge in [0.1, 0.15) is 11.7 Å². The van der Waals surface area contributed by atoms with Crippen LogP contribution in [0.25, 0.3) is 22.2 Å². The van der Waals surface area contributed by atoms with Crippen molar-refractivity contribution in [3.05, 3.63) is 60.2 Å². The summed E-state index contributed by atoms with van der Waals surface area (Å²) in [5, 5.41) is 0. The number of halogens is 1. The van der Waals surface area contributed by atoms with E-state index in [0.29, 0.717) is 5.82 Å². The average Bonchev–Trinajstić information content (AvgIpc) is 2.95. The molecule has 0 aliphatic rings. The lowest BCUT2D eigenvalue weighted by molar-refractivity contribution is 0.491. The molecule has 0 spiro atoms. The van der Waals surface area contributed by atoms with Crippen LogP contribution >= 0.6 is 0 Å². The topological polar surface area (TPSA) is 90.0 Å². The first-order valence-electron chi connectivity index (χ1n) is 9.67. The monoisotopic (exact) mass is 430 g/mol. The van der Waals surface area contributed by atoms with Crippen molar-refractivity contribution in [1.29, 1.82) is 0 Å². The van der Waals surface area contributed by atoms with E-state index < -0.39 is 15.6 Å². The van der Waals surface area contributed by atoms with Crippen molar-refractivity contribution in [1.82, 2.24) is 14.3 Å². The number of benzene rings is 2. The van der Waals surface area contributed by atoms with E-state index in [1.165, 1.54) is 6.08 Å². The first-order valence-corrected chi connectivity index (χ1v) is 11.1. The van der Waals surface area contributed by atoms with E-state index in [1.807, 2.05) is 25.1 Å². The van der Waals surface area contributed by atoms with E-state index >= 15 is 0 Å². The van der Waals surface area contributed by atoms with Crippen molar-refractivity contribution in [2.24, 2.45) is 5.73 Å². The number of para-hydroxylation sites is 1. The van der Waals surface area contributed by atoms with Crippen LogP contribution in [0.15, 0.2) is 59.3 Å². The van der Waals surface area contributed by atoms with Gasteiger partial charge in [0.2, 0.25) is 10.0 Å². The molecule has 0 radical (unpaired) electrons. The number of aromatic nitrogens is 2. The second-order valence-corrected chi connectivity index (χ2v) is 9.87. The Hall–Kier alpha value is -2.55. The lowest BCUT2D eigenvalue weighted by Gasteiger charge is -2.20. The minimum atomic E-state index is -3.61. The van der Waals surface area contributed by atoms with Crippen LogP contribution in [0.1, 0.15) is 26.6 Å². The van der Waals surface area contributed by atoms with Crippen molar-refractivity contribution < 1.29 is 12.8 Å². The van der Waals surface area contributed by atoms with Gasteiger partial charge in [-0.15, -0.1) is 0 Å². The van der Waals surface area contributed by atoms with Crippen LogP contribution in [0, 0.1) is 6.92 Å². The van der Waals surface area contributed by atoms with Gasteiger partial charge < -0.3 is 10.3 Å². The Morgan fingerprint density at radius 1 is 1.20 bits per heavy atom. The number of allylic oxidation sites excluding steroid dienone is 1. The van der Waals surface area contributed by atoms with E-state index in [1.54, 1.807) is 49.6 Å². The molecule has 1 aromatic heterocycles. The molecule has 3 aromatic rings. The van der Waals surface area contributed by atoms with Crippen molar-refractivity contribution in [2.45, 2.75) is 44.7 Å². The molecule has 0 saturated heterocycles. The molecule has 1 heterocycles. The van der Waals surface area contributed by atoms with Crippen LogP contribution in [-0.2, 0) is 16.6 Å². The Labute approximate surface area is 176 Å². The number of nitrogens with two attached hydrogens (primary N) is 1. The molecule has 3 N–H and O–H groups in total. The van der Waals surface area contributed by atoms with E-state index in [2.05, 4.69) is 9.71 Å². The zero-order valence-electron chi connectivity index (χ0n) is 17.6. The summed E-state index contributed by atoms with van der Waals surface area (Å²) in [4.78, 5) is 4.83. The van der Waals surface area contributed by atoms with E-state index in [0.717, 1.165) is 22.2 Å².